The van der Waals surface area contributed by atoms with Crippen molar-refractivity contribution in [2.75, 3.05) is 5.32 Å². The average molecular weight is 447 g/mol. The monoisotopic (exact) mass is 447 g/mol. The number of nitrogens with two attached hydrogens (primary N) is 1. The van der Waals surface area contributed by atoms with Crippen LogP contribution in [0.1, 0.15) is 18.1 Å². The van der Waals surface area contributed by atoms with Gasteiger partial charge in [-0.25, -0.2) is 9.67 Å². The highest BCUT2D eigenvalue weighted by molar-refractivity contribution is 14.0. The lowest BCUT2D eigenvalue weighted by Crippen LogP contribution is -2.22. The number of nitrogens with zero attached hydrogens (tertiary/aromatic N) is 3. The Bertz CT molecular complexity index is 827. The average Bonchev–Trinajstić information content (AvgIpc) is 3.15. The molecule has 0 amide bonds. The van der Waals surface area contributed by atoms with E-state index in [2.05, 4.69) is 34.5 Å². The molecule has 0 unspecified atom stereocenters. The van der Waals surface area contributed by atoms with Gasteiger partial charge in [0.2, 0.25) is 0 Å². The van der Waals surface area contributed by atoms with Crippen LogP contribution >= 0.6 is 24.0 Å². The Kier molecular flexibility index (Phi) is 7.00. The van der Waals surface area contributed by atoms with Crippen LogP contribution < -0.4 is 11.1 Å². The van der Waals surface area contributed by atoms with E-state index in [1.807, 2.05) is 53.3 Å². The molecule has 130 valence electrons. The van der Waals surface area contributed by atoms with E-state index in [0.717, 1.165) is 23.4 Å². The maximum absolute atomic E-state index is 6.03. The number of rotatable bonds is 5. The predicted molar refractivity (Wildman–Crippen MR) is 114 cm³/mol. The summed E-state index contributed by atoms with van der Waals surface area (Å²) >= 11 is 0. The van der Waals surface area contributed by atoms with Crippen LogP contribution in [0.3, 0.4) is 0 Å². The molecule has 0 saturated heterocycles. The van der Waals surface area contributed by atoms with Gasteiger partial charge in [0.1, 0.15) is 0 Å². The fourth-order valence-electron chi connectivity index (χ4n) is 2.51. The van der Waals surface area contributed by atoms with E-state index in [1.165, 1.54) is 5.56 Å². The first-order valence-corrected chi connectivity index (χ1v) is 8.00. The second kappa shape index (κ2) is 9.22. The smallest absolute Gasteiger partial charge is 0.193 e. The molecule has 0 radical (unpaired) electrons. The van der Waals surface area contributed by atoms with Crippen LogP contribution in [0.5, 0.6) is 0 Å². The van der Waals surface area contributed by atoms with Gasteiger partial charge in [-0.2, -0.15) is 5.10 Å². The molecule has 0 spiro atoms. The number of benzene rings is 2. The van der Waals surface area contributed by atoms with Gasteiger partial charge in [-0.05, 0) is 41.8 Å². The summed E-state index contributed by atoms with van der Waals surface area (Å²) < 4.78 is 1.83. The minimum atomic E-state index is 0. The molecule has 3 rings (SSSR count). The second-order valence-corrected chi connectivity index (χ2v) is 5.46. The van der Waals surface area contributed by atoms with Crippen molar-refractivity contribution in [3.05, 3.63) is 78.1 Å². The van der Waals surface area contributed by atoms with Gasteiger partial charge in [-0.1, -0.05) is 37.3 Å². The summed E-state index contributed by atoms with van der Waals surface area (Å²) in [5.74, 6) is 0.401. The standard InChI is InChI=1S/C19H21N5.HI/c1-2-15-7-5-9-17(13-15)23-19(20)21-14-16-8-3-4-10-18(16)24-12-6-11-22-24;/h3-13H,2,14H2,1H3,(H3,20,21,23);1H. The number of anilines is 1. The van der Waals surface area contributed by atoms with Crippen molar-refractivity contribution in [3.8, 4) is 5.69 Å². The molecule has 3 aromatic rings. The van der Waals surface area contributed by atoms with Gasteiger partial charge in [-0.15, -0.1) is 24.0 Å². The lowest BCUT2D eigenvalue weighted by molar-refractivity contribution is 0.858. The van der Waals surface area contributed by atoms with Crippen LogP contribution in [0.25, 0.3) is 5.69 Å². The molecule has 2 aromatic carbocycles. The first-order valence-electron chi connectivity index (χ1n) is 8.00. The van der Waals surface area contributed by atoms with Crippen LogP contribution in [-0.2, 0) is 13.0 Å². The second-order valence-electron chi connectivity index (χ2n) is 5.46. The SMILES string of the molecule is CCc1cccc(NC(N)=NCc2ccccc2-n2cccn2)c1.I. The number of guanidine groups is 1. The number of aliphatic imine (C=N–C) groups is 1. The molecule has 25 heavy (non-hydrogen) atoms. The summed E-state index contributed by atoms with van der Waals surface area (Å²) in [5.41, 5.74) is 10.3. The van der Waals surface area contributed by atoms with Crippen molar-refractivity contribution in [1.29, 1.82) is 0 Å². The van der Waals surface area contributed by atoms with Crippen molar-refractivity contribution in [2.24, 2.45) is 10.7 Å². The molecule has 0 aliphatic heterocycles. The zero-order chi connectivity index (χ0) is 16.8. The van der Waals surface area contributed by atoms with Gasteiger partial charge in [-0.3, -0.25) is 0 Å². The maximum Gasteiger partial charge on any atom is 0.193 e. The number of hydrogen-bond donors (Lipinski definition) is 2. The molecule has 0 atom stereocenters. The third kappa shape index (κ3) is 5.06. The van der Waals surface area contributed by atoms with Gasteiger partial charge in [0, 0.05) is 18.1 Å². The molecule has 0 saturated carbocycles. The van der Waals surface area contributed by atoms with Crippen LogP contribution in [0.4, 0.5) is 5.69 Å². The fraction of sp³-hybridized carbons (Fsp3) is 0.158. The van der Waals surface area contributed by atoms with Gasteiger partial charge in [0.05, 0.1) is 12.2 Å². The third-order valence-corrected chi connectivity index (χ3v) is 3.77. The van der Waals surface area contributed by atoms with E-state index >= 15 is 0 Å². The Balaban J connectivity index is 0.00000225. The topological polar surface area (TPSA) is 68.2 Å². The van der Waals surface area contributed by atoms with Gasteiger partial charge in [0.25, 0.3) is 0 Å². The highest BCUT2D eigenvalue weighted by Gasteiger charge is 2.04. The van der Waals surface area contributed by atoms with Crippen LogP contribution in [0.2, 0.25) is 0 Å². The third-order valence-electron chi connectivity index (χ3n) is 3.77. The molecular weight excluding hydrogens is 425 g/mol. The number of para-hydroxylation sites is 1. The number of aryl methyl sites for hydroxylation is 1. The Hall–Kier alpha value is -2.35. The van der Waals surface area contributed by atoms with E-state index in [1.54, 1.807) is 6.20 Å². The normalized spacial score (nSPS) is 11.0. The Labute approximate surface area is 165 Å². The predicted octanol–water partition coefficient (Wildman–Crippen LogP) is 3.98. The summed E-state index contributed by atoms with van der Waals surface area (Å²) in [6, 6.07) is 18.1. The van der Waals surface area contributed by atoms with Crippen molar-refractivity contribution < 1.29 is 0 Å². The minimum absolute atomic E-state index is 0. The fourth-order valence-corrected chi connectivity index (χ4v) is 2.51. The van der Waals surface area contributed by atoms with Crippen molar-refractivity contribution in [3.63, 3.8) is 0 Å². The Morgan fingerprint density at radius 1 is 1.16 bits per heavy atom. The Morgan fingerprint density at radius 2 is 2.00 bits per heavy atom. The van der Waals surface area contributed by atoms with E-state index < -0.39 is 0 Å². The summed E-state index contributed by atoms with van der Waals surface area (Å²) in [6.07, 6.45) is 4.67. The molecule has 3 N–H and O–H groups in total. The quantitative estimate of drug-likeness (QED) is 0.353. The van der Waals surface area contributed by atoms with E-state index in [9.17, 15) is 0 Å². The number of aromatic nitrogens is 2. The minimum Gasteiger partial charge on any atom is -0.370 e. The highest BCUT2D eigenvalue weighted by Crippen LogP contribution is 2.15. The van der Waals surface area contributed by atoms with Crippen molar-refractivity contribution in [2.45, 2.75) is 19.9 Å². The lowest BCUT2D eigenvalue weighted by Gasteiger charge is -2.09. The van der Waals surface area contributed by atoms with E-state index in [4.69, 9.17) is 5.73 Å². The maximum atomic E-state index is 6.03. The summed E-state index contributed by atoms with van der Waals surface area (Å²) in [6.45, 7) is 2.62. The summed E-state index contributed by atoms with van der Waals surface area (Å²) in [5, 5.41) is 7.43. The zero-order valence-electron chi connectivity index (χ0n) is 14.1. The molecule has 6 heteroatoms. The zero-order valence-corrected chi connectivity index (χ0v) is 16.4. The molecule has 0 aliphatic rings. The first kappa shape index (κ1) is 19.0. The van der Waals surface area contributed by atoms with Gasteiger partial charge >= 0.3 is 0 Å². The molecular formula is C19H22IN5. The number of halogens is 1. The van der Waals surface area contributed by atoms with E-state index in [0.29, 0.717) is 12.5 Å². The van der Waals surface area contributed by atoms with Crippen LogP contribution in [-0.4, -0.2) is 15.7 Å². The van der Waals surface area contributed by atoms with E-state index in [-0.39, 0.29) is 24.0 Å². The van der Waals surface area contributed by atoms with Gasteiger partial charge < -0.3 is 11.1 Å². The molecule has 1 aromatic heterocycles. The van der Waals surface area contributed by atoms with Crippen molar-refractivity contribution >= 4 is 35.6 Å². The van der Waals surface area contributed by atoms with Crippen LogP contribution in [0, 0.1) is 0 Å². The molecule has 5 nitrogen and oxygen atoms in total. The van der Waals surface area contributed by atoms with Crippen molar-refractivity contribution in [1.82, 2.24) is 9.78 Å². The first-order chi connectivity index (χ1) is 11.8. The summed E-state index contributed by atoms with van der Waals surface area (Å²) in [4.78, 5) is 4.46. The van der Waals surface area contributed by atoms with Crippen LogP contribution in [0.15, 0.2) is 72.0 Å². The van der Waals surface area contributed by atoms with Gasteiger partial charge in [0.15, 0.2) is 5.96 Å². The molecule has 1 heterocycles. The Morgan fingerprint density at radius 3 is 2.76 bits per heavy atom. The summed E-state index contributed by atoms with van der Waals surface area (Å²) in [7, 11) is 0. The molecule has 0 bridgehead atoms. The number of nitrogens with one attached hydrogen (secondary N) is 1. The number of hydrogen-bond acceptors (Lipinski definition) is 2. The lowest BCUT2D eigenvalue weighted by atomic mass is 10.1. The highest BCUT2D eigenvalue weighted by atomic mass is 127. The molecule has 0 fully saturated rings. The largest absolute Gasteiger partial charge is 0.370 e. The molecule has 0 aliphatic carbocycles.